The maximum atomic E-state index is 13.9. The molecule has 0 aliphatic carbocycles. The highest BCUT2D eigenvalue weighted by Gasteiger charge is 2.47. The first-order chi connectivity index (χ1) is 21.0. The number of carbonyl (C=O) groups is 2. The molecular formula is C32H42F3N5O4. The second-order valence-electron chi connectivity index (χ2n) is 13.1. The van der Waals surface area contributed by atoms with E-state index in [0.29, 0.717) is 38.4 Å². The van der Waals surface area contributed by atoms with E-state index in [4.69, 9.17) is 4.74 Å². The van der Waals surface area contributed by atoms with Gasteiger partial charge in [-0.2, -0.15) is 13.2 Å². The number of halogens is 3. The Balaban J connectivity index is 1.09. The molecule has 5 heterocycles. The summed E-state index contributed by atoms with van der Waals surface area (Å²) in [6.45, 7) is 8.90. The Labute approximate surface area is 256 Å². The van der Waals surface area contributed by atoms with E-state index < -0.39 is 23.4 Å². The van der Waals surface area contributed by atoms with E-state index in [1.54, 1.807) is 0 Å². The molecule has 4 fully saturated rings. The van der Waals surface area contributed by atoms with Crippen LogP contribution in [0.1, 0.15) is 78.9 Å². The highest BCUT2D eigenvalue weighted by Crippen LogP contribution is 2.39. The number of rotatable bonds is 6. The maximum absolute atomic E-state index is 13.9. The quantitative estimate of drug-likeness (QED) is 0.434. The van der Waals surface area contributed by atoms with Crippen LogP contribution in [0.15, 0.2) is 34.9 Å². The number of aryl methyl sites for hydroxylation is 1. The summed E-state index contributed by atoms with van der Waals surface area (Å²) in [5.41, 5.74) is 0.449. The number of aromatic nitrogens is 1. The van der Waals surface area contributed by atoms with E-state index in [1.807, 2.05) is 18.2 Å². The Morgan fingerprint density at radius 3 is 2.32 bits per heavy atom. The van der Waals surface area contributed by atoms with Gasteiger partial charge in [-0.15, -0.1) is 0 Å². The van der Waals surface area contributed by atoms with Crippen molar-refractivity contribution in [3.05, 3.63) is 52.9 Å². The van der Waals surface area contributed by atoms with Crippen LogP contribution < -0.4 is 0 Å². The van der Waals surface area contributed by atoms with Gasteiger partial charge >= 0.3 is 12.2 Å². The number of ether oxygens (including phenoxy) is 1. The molecule has 4 saturated heterocycles. The molecule has 4 aliphatic rings. The van der Waals surface area contributed by atoms with Crippen LogP contribution in [0.5, 0.6) is 0 Å². The second kappa shape index (κ2) is 12.3. The average molecular weight is 618 g/mol. The molecule has 1 aromatic heterocycles. The topological polar surface area (TPSA) is 82.4 Å². The van der Waals surface area contributed by atoms with Gasteiger partial charge in [0, 0.05) is 64.1 Å². The van der Waals surface area contributed by atoms with Crippen LogP contribution in [0, 0.1) is 12.8 Å². The van der Waals surface area contributed by atoms with E-state index in [-0.39, 0.29) is 29.3 Å². The van der Waals surface area contributed by atoms with Crippen molar-refractivity contribution in [2.24, 2.45) is 5.92 Å². The molecule has 1 unspecified atom stereocenters. The van der Waals surface area contributed by atoms with Crippen LogP contribution in [-0.4, -0.2) is 101 Å². The Kier molecular flexibility index (Phi) is 8.67. The lowest BCUT2D eigenvalue weighted by molar-refractivity contribution is -0.156. The molecule has 4 aliphatic heterocycles. The van der Waals surface area contributed by atoms with Crippen molar-refractivity contribution in [3.8, 4) is 0 Å². The van der Waals surface area contributed by atoms with Crippen molar-refractivity contribution in [3.63, 3.8) is 0 Å². The molecule has 0 saturated carbocycles. The van der Waals surface area contributed by atoms with Crippen molar-refractivity contribution in [1.29, 1.82) is 0 Å². The van der Waals surface area contributed by atoms with E-state index in [9.17, 15) is 22.8 Å². The number of nitrogens with zero attached hydrogens (tertiary/aromatic N) is 5. The standard InChI is InChI=1S/C32H42F3N5O4/c1-22-27(28(44-36-22)32(33,34)35)29(41)37-16-12-31(2,13-17-37)39-14-8-25(9-15-39)40-26(24-6-4-3-5-7-24)21-38(30(40)42)20-23-10-18-43-19-11-23/h3-7,23,25-26H,8-21H2,1-2H3. The van der Waals surface area contributed by atoms with E-state index in [2.05, 4.69) is 43.4 Å². The lowest BCUT2D eigenvalue weighted by Gasteiger charge is -2.50. The summed E-state index contributed by atoms with van der Waals surface area (Å²) in [6.07, 6.45) is 0.218. The largest absolute Gasteiger partial charge is 0.453 e. The summed E-state index contributed by atoms with van der Waals surface area (Å²) >= 11 is 0. The molecule has 6 rings (SSSR count). The number of hydrogen-bond donors (Lipinski definition) is 0. The first-order valence-electron chi connectivity index (χ1n) is 15.8. The van der Waals surface area contributed by atoms with Crippen LogP contribution in [0.4, 0.5) is 18.0 Å². The van der Waals surface area contributed by atoms with Crippen molar-refractivity contribution < 1.29 is 32.0 Å². The first kappa shape index (κ1) is 30.9. The number of alkyl halides is 3. The smallest absolute Gasteiger partial charge is 0.381 e. The van der Waals surface area contributed by atoms with Crippen LogP contribution in [0.2, 0.25) is 0 Å². The molecule has 2 aromatic rings. The minimum Gasteiger partial charge on any atom is -0.381 e. The monoisotopic (exact) mass is 617 g/mol. The molecule has 0 N–H and O–H groups in total. The Hall–Kier alpha value is -3.12. The third-order valence-electron chi connectivity index (χ3n) is 10.3. The van der Waals surface area contributed by atoms with Gasteiger partial charge in [-0.3, -0.25) is 9.69 Å². The molecule has 1 atom stereocenters. The van der Waals surface area contributed by atoms with E-state index in [1.165, 1.54) is 17.4 Å². The van der Waals surface area contributed by atoms with Gasteiger partial charge in [0.25, 0.3) is 11.7 Å². The lowest BCUT2D eigenvalue weighted by Crippen LogP contribution is -2.58. The minimum atomic E-state index is -4.78. The number of likely N-dealkylation sites (tertiary alicyclic amines) is 2. The molecule has 12 heteroatoms. The van der Waals surface area contributed by atoms with Gasteiger partial charge in [0.2, 0.25) is 0 Å². The van der Waals surface area contributed by atoms with Crippen molar-refractivity contribution in [1.82, 2.24) is 24.8 Å². The number of benzene rings is 1. The van der Waals surface area contributed by atoms with Crippen LogP contribution >= 0.6 is 0 Å². The van der Waals surface area contributed by atoms with Gasteiger partial charge < -0.3 is 24.0 Å². The van der Waals surface area contributed by atoms with Gasteiger partial charge in [0.05, 0.1) is 11.7 Å². The van der Waals surface area contributed by atoms with Crippen LogP contribution in [0.3, 0.4) is 0 Å². The zero-order chi connectivity index (χ0) is 31.1. The first-order valence-corrected chi connectivity index (χ1v) is 15.8. The summed E-state index contributed by atoms with van der Waals surface area (Å²) in [5, 5.41) is 3.42. The van der Waals surface area contributed by atoms with E-state index >= 15 is 0 Å². The molecule has 0 bridgehead atoms. The van der Waals surface area contributed by atoms with Gasteiger partial charge in [-0.1, -0.05) is 35.5 Å². The third-order valence-corrected chi connectivity index (χ3v) is 10.3. The Bertz CT molecular complexity index is 1310. The summed E-state index contributed by atoms with van der Waals surface area (Å²) in [7, 11) is 0. The highest BCUT2D eigenvalue weighted by atomic mass is 19.4. The summed E-state index contributed by atoms with van der Waals surface area (Å²) in [4.78, 5) is 35.2. The Morgan fingerprint density at radius 1 is 1.02 bits per heavy atom. The van der Waals surface area contributed by atoms with Crippen molar-refractivity contribution in [2.75, 3.05) is 52.5 Å². The molecule has 9 nitrogen and oxygen atoms in total. The zero-order valence-corrected chi connectivity index (χ0v) is 25.5. The number of amides is 3. The molecule has 1 aromatic carbocycles. The van der Waals surface area contributed by atoms with E-state index in [0.717, 1.165) is 58.5 Å². The number of hydrogen-bond acceptors (Lipinski definition) is 6. The van der Waals surface area contributed by atoms with Crippen LogP contribution in [-0.2, 0) is 10.9 Å². The number of urea groups is 1. The number of piperidine rings is 2. The zero-order valence-electron chi connectivity index (χ0n) is 25.5. The van der Waals surface area contributed by atoms with Crippen molar-refractivity contribution >= 4 is 11.9 Å². The predicted molar refractivity (Wildman–Crippen MR) is 156 cm³/mol. The molecule has 44 heavy (non-hydrogen) atoms. The van der Waals surface area contributed by atoms with Gasteiger partial charge in [0.15, 0.2) is 0 Å². The number of carbonyl (C=O) groups excluding carboxylic acids is 2. The summed E-state index contributed by atoms with van der Waals surface area (Å²) < 4.78 is 50.3. The lowest BCUT2D eigenvalue weighted by atomic mass is 9.85. The van der Waals surface area contributed by atoms with Gasteiger partial charge in [0.1, 0.15) is 5.56 Å². The fourth-order valence-corrected chi connectivity index (χ4v) is 7.58. The molecule has 240 valence electrons. The van der Waals surface area contributed by atoms with Gasteiger partial charge in [-0.25, -0.2) is 4.79 Å². The van der Waals surface area contributed by atoms with Crippen molar-refractivity contribution in [2.45, 2.75) is 76.2 Å². The SMILES string of the molecule is Cc1noc(C(F)(F)F)c1C(=O)N1CCC(C)(N2CCC(N3C(=O)N(CC4CCOCC4)CC3c3ccccc3)CC2)CC1. The fraction of sp³-hybridized carbons (Fsp3) is 0.656. The molecule has 0 spiro atoms. The third kappa shape index (κ3) is 6.07. The maximum Gasteiger partial charge on any atom is 0.453 e. The van der Waals surface area contributed by atoms with Crippen LogP contribution in [0.25, 0.3) is 0 Å². The second-order valence-corrected chi connectivity index (χ2v) is 13.1. The summed E-state index contributed by atoms with van der Waals surface area (Å²) in [5.74, 6) is -1.54. The molecule has 0 radical (unpaired) electrons. The predicted octanol–water partition coefficient (Wildman–Crippen LogP) is 5.37. The molecule has 3 amide bonds. The normalized spacial score (nSPS) is 24.3. The van der Waals surface area contributed by atoms with Gasteiger partial charge in [-0.05, 0) is 63.9 Å². The fourth-order valence-electron chi connectivity index (χ4n) is 7.58. The minimum absolute atomic E-state index is 0.0207. The Morgan fingerprint density at radius 2 is 1.68 bits per heavy atom. The molecular weight excluding hydrogens is 575 g/mol. The average Bonchev–Trinajstić information content (AvgIpc) is 3.58. The highest BCUT2D eigenvalue weighted by molar-refractivity contribution is 5.96. The summed E-state index contributed by atoms with van der Waals surface area (Å²) in [6, 6.07) is 10.6.